The van der Waals surface area contributed by atoms with Crippen molar-refractivity contribution in [2.45, 2.75) is 20.4 Å². The van der Waals surface area contributed by atoms with Gasteiger partial charge in [-0.05, 0) is 44.2 Å². The molecule has 0 saturated carbocycles. The molecule has 162 valence electrons. The van der Waals surface area contributed by atoms with Gasteiger partial charge in [0.15, 0.2) is 11.4 Å². The average Bonchev–Trinajstić information content (AvgIpc) is 3.09. The summed E-state index contributed by atoms with van der Waals surface area (Å²) in [7, 11) is 0. The molecule has 0 aliphatic heterocycles. The zero-order valence-corrected chi connectivity index (χ0v) is 18.0. The third-order valence-electron chi connectivity index (χ3n) is 4.11. The Morgan fingerprint density at radius 2 is 1.74 bits per heavy atom. The van der Waals surface area contributed by atoms with Gasteiger partial charge in [0.1, 0.15) is 12.3 Å². The lowest BCUT2D eigenvalue weighted by molar-refractivity contribution is -0.143. The molecule has 9 heteroatoms. The molecule has 0 spiro atoms. The Balaban J connectivity index is 1.94. The number of fused-ring (bicyclic) bond motifs is 1. The number of para-hydroxylation sites is 1. The summed E-state index contributed by atoms with van der Waals surface area (Å²) in [4.78, 5) is 41.0. The van der Waals surface area contributed by atoms with E-state index in [0.717, 1.165) is 0 Å². The Bertz CT molecular complexity index is 1150. The van der Waals surface area contributed by atoms with Crippen LogP contribution in [0.15, 0.2) is 53.5 Å². The van der Waals surface area contributed by atoms with Crippen molar-refractivity contribution in [3.05, 3.63) is 58.9 Å². The summed E-state index contributed by atoms with van der Waals surface area (Å²) in [6.07, 6.45) is 0. The third kappa shape index (κ3) is 5.79. The van der Waals surface area contributed by atoms with Gasteiger partial charge in [-0.2, -0.15) is 4.99 Å². The summed E-state index contributed by atoms with van der Waals surface area (Å²) in [6.45, 7) is 3.60. The van der Waals surface area contributed by atoms with Crippen molar-refractivity contribution in [2.24, 2.45) is 4.99 Å². The van der Waals surface area contributed by atoms with Gasteiger partial charge in [0.05, 0.1) is 29.0 Å². The number of carbonyl (C=O) groups excluding carboxylic acids is 3. The predicted molar refractivity (Wildman–Crippen MR) is 115 cm³/mol. The molecule has 1 aromatic heterocycles. The first-order chi connectivity index (χ1) is 15.0. The van der Waals surface area contributed by atoms with Crippen LogP contribution in [-0.2, 0) is 25.6 Å². The molecule has 0 N–H and O–H groups in total. The molecule has 3 aromatic rings. The standard InChI is InChI=1S/C22H22N2O6S/c1-3-28-20(26)13-24-17-11-10-15(21(27)29-4-2)12-18(17)31-22(24)23-19(25)14-30-16-8-6-5-7-9-16/h5-12H,3-4,13-14H2,1-2H3. The van der Waals surface area contributed by atoms with Crippen molar-refractivity contribution in [1.82, 2.24) is 4.57 Å². The molecule has 0 bridgehead atoms. The van der Waals surface area contributed by atoms with Crippen LogP contribution in [-0.4, -0.2) is 42.2 Å². The number of hydrogen-bond donors (Lipinski definition) is 0. The highest BCUT2D eigenvalue weighted by Crippen LogP contribution is 2.20. The molecular weight excluding hydrogens is 420 g/mol. The first-order valence-corrected chi connectivity index (χ1v) is 10.5. The van der Waals surface area contributed by atoms with Crippen LogP contribution in [0.1, 0.15) is 24.2 Å². The second kappa shape index (κ2) is 10.5. The Hall–Kier alpha value is -3.46. The molecule has 0 unspecified atom stereocenters. The Morgan fingerprint density at radius 1 is 1.00 bits per heavy atom. The number of rotatable bonds is 8. The van der Waals surface area contributed by atoms with Gasteiger partial charge in [0.25, 0.3) is 5.91 Å². The molecule has 0 atom stereocenters. The topological polar surface area (TPSA) is 96.2 Å². The van der Waals surface area contributed by atoms with E-state index in [1.165, 1.54) is 11.3 Å². The van der Waals surface area contributed by atoms with E-state index in [4.69, 9.17) is 14.2 Å². The Labute approximate surface area is 182 Å². The third-order valence-corrected chi connectivity index (χ3v) is 5.15. The molecule has 1 heterocycles. The van der Waals surface area contributed by atoms with E-state index in [1.807, 2.05) is 6.07 Å². The number of ether oxygens (including phenoxy) is 3. The number of esters is 2. The molecule has 2 aromatic carbocycles. The van der Waals surface area contributed by atoms with Gasteiger partial charge in [-0.15, -0.1) is 0 Å². The maximum absolute atomic E-state index is 12.4. The molecule has 0 aliphatic rings. The summed E-state index contributed by atoms with van der Waals surface area (Å²) < 4.78 is 17.8. The molecule has 0 fully saturated rings. The van der Waals surface area contributed by atoms with Crippen molar-refractivity contribution in [3.63, 3.8) is 0 Å². The second-order valence-corrected chi connectivity index (χ2v) is 7.30. The van der Waals surface area contributed by atoms with E-state index in [0.29, 0.717) is 26.3 Å². The molecule has 0 saturated heterocycles. The SMILES string of the molecule is CCOC(=O)Cn1c(=NC(=O)COc2ccccc2)sc2cc(C(=O)OCC)ccc21. The van der Waals surface area contributed by atoms with Crippen LogP contribution in [0.5, 0.6) is 5.75 Å². The maximum atomic E-state index is 12.4. The van der Waals surface area contributed by atoms with Crippen LogP contribution in [0.4, 0.5) is 0 Å². The lowest BCUT2D eigenvalue weighted by Gasteiger charge is -2.06. The van der Waals surface area contributed by atoms with Crippen molar-refractivity contribution < 1.29 is 28.6 Å². The Morgan fingerprint density at radius 3 is 2.45 bits per heavy atom. The van der Waals surface area contributed by atoms with E-state index in [2.05, 4.69) is 4.99 Å². The zero-order chi connectivity index (χ0) is 22.2. The summed E-state index contributed by atoms with van der Waals surface area (Å²) >= 11 is 1.19. The van der Waals surface area contributed by atoms with Gasteiger partial charge in [-0.1, -0.05) is 29.5 Å². The highest BCUT2D eigenvalue weighted by Gasteiger charge is 2.15. The fraction of sp³-hybridized carbons (Fsp3) is 0.273. The number of benzene rings is 2. The van der Waals surface area contributed by atoms with Crippen LogP contribution in [0.3, 0.4) is 0 Å². The number of aromatic nitrogens is 1. The number of hydrogen-bond acceptors (Lipinski definition) is 7. The average molecular weight is 442 g/mol. The maximum Gasteiger partial charge on any atom is 0.338 e. The minimum atomic E-state index is -0.501. The van der Waals surface area contributed by atoms with Gasteiger partial charge in [-0.3, -0.25) is 9.59 Å². The molecule has 8 nitrogen and oxygen atoms in total. The minimum Gasteiger partial charge on any atom is -0.484 e. The van der Waals surface area contributed by atoms with Crippen LogP contribution in [0.2, 0.25) is 0 Å². The quantitative estimate of drug-likeness (QED) is 0.498. The normalized spacial score (nSPS) is 11.4. The summed E-state index contributed by atoms with van der Waals surface area (Å²) in [6, 6.07) is 13.9. The summed E-state index contributed by atoms with van der Waals surface area (Å²) in [5, 5.41) is 0. The minimum absolute atomic E-state index is 0.113. The molecule has 31 heavy (non-hydrogen) atoms. The van der Waals surface area contributed by atoms with Crippen LogP contribution in [0, 0.1) is 0 Å². The molecule has 0 aliphatic carbocycles. The summed E-state index contributed by atoms with van der Waals surface area (Å²) in [5.74, 6) is -0.842. The molecular formula is C22H22N2O6S. The van der Waals surface area contributed by atoms with Crippen molar-refractivity contribution in [1.29, 1.82) is 0 Å². The summed E-state index contributed by atoms with van der Waals surface area (Å²) in [5.41, 5.74) is 1.03. The lowest BCUT2D eigenvalue weighted by atomic mass is 10.2. The van der Waals surface area contributed by atoms with E-state index < -0.39 is 17.8 Å². The lowest BCUT2D eigenvalue weighted by Crippen LogP contribution is -2.24. The van der Waals surface area contributed by atoms with Gasteiger partial charge in [0.2, 0.25) is 0 Å². The smallest absolute Gasteiger partial charge is 0.338 e. The van der Waals surface area contributed by atoms with Crippen LogP contribution >= 0.6 is 11.3 Å². The van der Waals surface area contributed by atoms with E-state index >= 15 is 0 Å². The van der Waals surface area contributed by atoms with E-state index in [1.54, 1.807) is 60.9 Å². The van der Waals surface area contributed by atoms with Gasteiger partial charge in [0, 0.05) is 0 Å². The monoisotopic (exact) mass is 442 g/mol. The van der Waals surface area contributed by atoms with Crippen molar-refractivity contribution in [3.8, 4) is 5.75 Å². The number of amides is 1. The Kier molecular flexibility index (Phi) is 7.55. The number of carbonyl (C=O) groups is 3. The predicted octanol–water partition coefficient (Wildman–Crippen LogP) is 2.95. The van der Waals surface area contributed by atoms with Crippen molar-refractivity contribution in [2.75, 3.05) is 19.8 Å². The number of nitrogens with zero attached hydrogens (tertiary/aromatic N) is 2. The van der Waals surface area contributed by atoms with Gasteiger partial charge in [-0.25, -0.2) is 4.79 Å². The first-order valence-electron chi connectivity index (χ1n) is 9.73. The van der Waals surface area contributed by atoms with Gasteiger partial charge < -0.3 is 18.8 Å². The molecule has 0 radical (unpaired) electrons. The van der Waals surface area contributed by atoms with E-state index in [9.17, 15) is 14.4 Å². The van der Waals surface area contributed by atoms with E-state index in [-0.39, 0.29) is 26.4 Å². The second-order valence-electron chi connectivity index (χ2n) is 6.29. The van der Waals surface area contributed by atoms with Crippen LogP contribution in [0.25, 0.3) is 10.2 Å². The zero-order valence-electron chi connectivity index (χ0n) is 17.2. The largest absolute Gasteiger partial charge is 0.484 e. The molecule has 3 rings (SSSR count). The van der Waals surface area contributed by atoms with Crippen molar-refractivity contribution >= 4 is 39.4 Å². The molecule has 1 amide bonds. The van der Waals surface area contributed by atoms with Gasteiger partial charge >= 0.3 is 11.9 Å². The van der Waals surface area contributed by atoms with Crippen LogP contribution < -0.4 is 9.54 Å². The highest BCUT2D eigenvalue weighted by atomic mass is 32.1. The fourth-order valence-electron chi connectivity index (χ4n) is 2.79. The number of thiazole rings is 1. The first kappa shape index (κ1) is 22.2. The fourth-order valence-corrected chi connectivity index (χ4v) is 3.88. The highest BCUT2D eigenvalue weighted by molar-refractivity contribution is 7.16.